The van der Waals surface area contributed by atoms with Crippen LogP contribution in [0.2, 0.25) is 0 Å². The van der Waals surface area contributed by atoms with E-state index in [2.05, 4.69) is 16.3 Å². The topological polar surface area (TPSA) is 79.9 Å². The molecule has 0 bridgehead atoms. The fraction of sp³-hybridized carbons (Fsp3) is 0.125. The fourth-order valence-corrected chi connectivity index (χ4v) is 2.81. The van der Waals surface area contributed by atoms with Gasteiger partial charge in [0.25, 0.3) is 5.91 Å². The smallest absolute Gasteiger partial charge is 0.267 e. The monoisotopic (exact) mass is 396 g/mol. The van der Waals surface area contributed by atoms with Gasteiger partial charge in [0.15, 0.2) is 0 Å². The van der Waals surface area contributed by atoms with Crippen LogP contribution in [0.4, 0.5) is 5.82 Å². The number of aryl methyl sites for hydroxylation is 2. The molecule has 3 aromatic rings. The average molecular weight is 396 g/mol. The number of nitrogens with zero attached hydrogens (tertiary/aromatic N) is 3. The van der Waals surface area contributed by atoms with Crippen LogP contribution in [0.1, 0.15) is 16.8 Å². The van der Waals surface area contributed by atoms with Gasteiger partial charge in [-0.05, 0) is 38.1 Å². The Morgan fingerprint density at radius 1 is 1.23 bits per heavy atom. The molecule has 6 nitrogen and oxygen atoms in total. The van der Waals surface area contributed by atoms with Crippen molar-refractivity contribution in [2.24, 2.45) is 0 Å². The maximum absolute atomic E-state index is 12.8. The van der Waals surface area contributed by atoms with Crippen molar-refractivity contribution in [1.82, 2.24) is 9.78 Å². The lowest BCUT2D eigenvalue weighted by atomic mass is 10.1. The van der Waals surface area contributed by atoms with Gasteiger partial charge in [-0.2, -0.15) is 10.4 Å². The minimum Gasteiger partial charge on any atom is -0.480 e. The quantitative estimate of drug-likeness (QED) is 0.387. The molecule has 1 heterocycles. The van der Waals surface area contributed by atoms with Crippen LogP contribution < -0.4 is 10.1 Å². The number of benzene rings is 2. The molecule has 3 rings (SSSR count). The van der Waals surface area contributed by atoms with Crippen LogP contribution in [-0.4, -0.2) is 22.3 Å². The van der Waals surface area contributed by atoms with Crippen molar-refractivity contribution in [3.05, 3.63) is 77.0 Å². The SMILES string of the molecule is C#CCOc1ccccc1/C=C(\C#N)C(=O)Nc1cc(C)nn1-c1ccc(C)cc1. The second-order valence-corrected chi connectivity index (χ2v) is 6.57. The van der Waals surface area contributed by atoms with Crippen molar-refractivity contribution in [1.29, 1.82) is 5.26 Å². The molecule has 0 atom stereocenters. The number of rotatable bonds is 6. The van der Waals surface area contributed by atoms with E-state index < -0.39 is 5.91 Å². The zero-order chi connectivity index (χ0) is 21.5. The third-order valence-electron chi connectivity index (χ3n) is 4.25. The Labute approximate surface area is 175 Å². The third-order valence-corrected chi connectivity index (χ3v) is 4.25. The van der Waals surface area contributed by atoms with Crippen LogP contribution in [0.25, 0.3) is 11.8 Å². The molecular weight excluding hydrogens is 376 g/mol. The predicted molar refractivity (Wildman–Crippen MR) is 116 cm³/mol. The summed E-state index contributed by atoms with van der Waals surface area (Å²) >= 11 is 0. The summed E-state index contributed by atoms with van der Waals surface area (Å²) in [6.45, 7) is 3.92. The van der Waals surface area contributed by atoms with Crippen molar-refractivity contribution in [3.8, 4) is 29.8 Å². The molecule has 0 radical (unpaired) electrons. The maximum atomic E-state index is 12.8. The highest BCUT2D eigenvalue weighted by Crippen LogP contribution is 2.22. The Balaban J connectivity index is 1.89. The maximum Gasteiger partial charge on any atom is 0.267 e. The number of carbonyl (C=O) groups is 1. The van der Waals surface area contributed by atoms with Gasteiger partial charge in [0.2, 0.25) is 0 Å². The van der Waals surface area contributed by atoms with E-state index in [1.807, 2.05) is 44.2 Å². The van der Waals surface area contributed by atoms with Crippen molar-refractivity contribution in [2.45, 2.75) is 13.8 Å². The van der Waals surface area contributed by atoms with Gasteiger partial charge in [0.05, 0.1) is 11.4 Å². The first kappa shape index (κ1) is 20.4. The lowest BCUT2D eigenvalue weighted by Gasteiger charge is -2.10. The Bertz CT molecular complexity index is 1180. The number of amides is 1. The van der Waals surface area contributed by atoms with Gasteiger partial charge in [-0.3, -0.25) is 4.79 Å². The number of anilines is 1. The first-order valence-corrected chi connectivity index (χ1v) is 9.24. The number of terminal acetylenes is 1. The van der Waals surface area contributed by atoms with E-state index in [0.29, 0.717) is 17.1 Å². The summed E-state index contributed by atoms with van der Waals surface area (Å²) in [5.74, 6) is 2.82. The minimum absolute atomic E-state index is 0.0685. The molecule has 0 fully saturated rings. The molecule has 1 aromatic heterocycles. The number of nitriles is 1. The summed E-state index contributed by atoms with van der Waals surface area (Å²) < 4.78 is 7.11. The molecule has 0 saturated heterocycles. The molecular formula is C24H20N4O2. The van der Waals surface area contributed by atoms with Gasteiger partial charge in [0.1, 0.15) is 29.8 Å². The van der Waals surface area contributed by atoms with E-state index in [1.54, 1.807) is 35.0 Å². The molecule has 2 aromatic carbocycles. The van der Waals surface area contributed by atoms with Crippen LogP contribution >= 0.6 is 0 Å². The van der Waals surface area contributed by atoms with Crippen LogP contribution in [0.3, 0.4) is 0 Å². The average Bonchev–Trinajstić information content (AvgIpc) is 3.11. The van der Waals surface area contributed by atoms with Crippen molar-refractivity contribution >= 4 is 17.8 Å². The molecule has 6 heteroatoms. The molecule has 148 valence electrons. The highest BCUT2D eigenvalue weighted by Gasteiger charge is 2.15. The summed E-state index contributed by atoms with van der Waals surface area (Å²) in [4.78, 5) is 12.8. The van der Waals surface area contributed by atoms with Gasteiger partial charge >= 0.3 is 0 Å². The molecule has 0 aliphatic rings. The third kappa shape index (κ3) is 4.76. The van der Waals surface area contributed by atoms with Crippen LogP contribution in [-0.2, 0) is 4.79 Å². The number of carbonyl (C=O) groups excluding carboxylic acids is 1. The molecule has 0 saturated carbocycles. The summed E-state index contributed by atoms with van der Waals surface area (Å²) in [5.41, 5.74) is 3.18. The van der Waals surface area contributed by atoms with Crippen LogP contribution in [0.5, 0.6) is 5.75 Å². The largest absolute Gasteiger partial charge is 0.480 e. The number of ether oxygens (including phenoxy) is 1. The number of para-hydroxylation sites is 1. The van der Waals surface area contributed by atoms with E-state index in [4.69, 9.17) is 11.2 Å². The Hall–Kier alpha value is -4.29. The second kappa shape index (κ2) is 9.27. The Morgan fingerprint density at radius 3 is 2.67 bits per heavy atom. The molecule has 1 amide bonds. The zero-order valence-electron chi connectivity index (χ0n) is 16.7. The van der Waals surface area contributed by atoms with E-state index in [-0.39, 0.29) is 12.2 Å². The Morgan fingerprint density at radius 2 is 1.97 bits per heavy atom. The number of hydrogen-bond donors (Lipinski definition) is 1. The number of aromatic nitrogens is 2. The number of nitrogens with one attached hydrogen (secondary N) is 1. The molecule has 0 spiro atoms. The molecule has 30 heavy (non-hydrogen) atoms. The number of hydrogen-bond acceptors (Lipinski definition) is 4. The van der Waals surface area contributed by atoms with Crippen molar-refractivity contribution < 1.29 is 9.53 Å². The summed E-state index contributed by atoms with van der Waals surface area (Å²) in [7, 11) is 0. The Kier molecular flexibility index (Phi) is 6.32. The van der Waals surface area contributed by atoms with Crippen molar-refractivity contribution in [2.75, 3.05) is 11.9 Å². The second-order valence-electron chi connectivity index (χ2n) is 6.57. The van der Waals surface area contributed by atoms with Crippen molar-refractivity contribution in [3.63, 3.8) is 0 Å². The highest BCUT2D eigenvalue weighted by molar-refractivity contribution is 6.09. The van der Waals surface area contributed by atoms with Crippen LogP contribution in [0, 0.1) is 37.5 Å². The lowest BCUT2D eigenvalue weighted by Crippen LogP contribution is -2.16. The van der Waals surface area contributed by atoms with E-state index in [9.17, 15) is 10.1 Å². The van der Waals surface area contributed by atoms with Gasteiger partial charge in [-0.15, -0.1) is 6.42 Å². The fourth-order valence-electron chi connectivity index (χ4n) is 2.81. The molecule has 1 N–H and O–H groups in total. The van der Waals surface area contributed by atoms with Gasteiger partial charge < -0.3 is 10.1 Å². The minimum atomic E-state index is -0.544. The molecule has 0 aliphatic carbocycles. The van der Waals surface area contributed by atoms with E-state index in [0.717, 1.165) is 16.9 Å². The van der Waals surface area contributed by atoms with Crippen LogP contribution in [0.15, 0.2) is 60.2 Å². The lowest BCUT2D eigenvalue weighted by molar-refractivity contribution is -0.112. The molecule has 0 aliphatic heterocycles. The predicted octanol–water partition coefficient (Wildman–Crippen LogP) is 4.05. The van der Waals surface area contributed by atoms with Gasteiger partial charge in [-0.25, -0.2) is 4.68 Å². The summed E-state index contributed by atoms with van der Waals surface area (Å²) in [6, 6.07) is 18.5. The van der Waals surface area contributed by atoms with Gasteiger partial charge in [-0.1, -0.05) is 41.8 Å². The van der Waals surface area contributed by atoms with E-state index >= 15 is 0 Å². The zero-order valence-corrected chi connectivity index (χ0v) is 16.7. The standard InChI is InChI=1S/C24H20N4O2/c1-4-13-30-22-8-6-5-7-19(22)15-20(16-25)24(29)26-23-14-18(3)27-28(23)21-11-9-17(2)10-12-21/h1,5-12,14-15H,13H2,2-3H3,(H,26,29)/b20-15+. The first-order chi connectivity index (χ1) is 14.5. The van der Waals surface area contributed by atoms with E-state index in [1.165, 1.54) is 6.08 Å². The first-order valence-electron chi connectivity index (χ1n) is 9.24. The van der Waals surface area contributed by atoms with Gasteiger partial charge in [0, 0.05) is 11.6 Å². The molecule has 0 unspecified atom stereocenters. The normalized spacial score (nSPS) is 10.7. The summed E-state index contributed by atoms with van der Waals surface area (Å²) in [6.07, 6.45) is 6.72. The summed E-state index contributed by atoms with van der Waals surface area (Å²) in [5, 5.41) is 16.8. The highest BCUT2D eigenvalue weighted by atomic mass is 16.5.